The van der Waals surface area contributed by atoms with E-state index in [-0.39, 0.29) is 10.7 Å². The number of nitrogens with zero attached hydrogens (tertiary/aromatic N) is 1. The molecular weight excluding hydrogens is 226 g/mol. The van der Waals surface area contributed by atoms with Crippen LogP contribution in [0.2, 0.25) is 0 Å². The summed E-state index contributed by atoms with van der Waals surface area (Å²) in [5.41, 5.74) is 1.71. The second-order valence-electron chi connectivity index (χ2n) is 5.39. The third-order valence-corrected chi connectivity index (χ3v) is 5.99. The van der Waals surface area contributed by atoms with Crippen molar-refractivity contribution < 1.29 is 0 Å². The Morgan fingerprint density at radius 2 is 1.94 bits per heavy atom. The fraction of sp³-hybridized carbons (Fsp3) is 0.733. The second-order valence-corrected chi connectivity index (χ2v) is 7.52. The van der Waals surface area contributed by atoms with Crippen molar-refractivity contribution in [3.63, 3.8) is 0 Å². The first-order chi connectivity index (χ1) is 8.24. The maximum atomic E-state index is 2.45. The molecule has 1 aliphatic rings. The summed E-state index contributed by atoms with van der Waals surface area (Å²) < 4.78 is 2.39. The Labute approximate surface area is 109 Å². The first-order valence-electron chi connectivity index (χ1n) is 7.05. The molecule has 0 radical (unpaired) electrons. The molecule has 2 heteroatoms. The van der Waals surface area contributed by atoms with E-state index in [1.807, 2.05) is 0 Å². The smallest absolute Gasteiger partial charge is 0.112 e. The van der Waals surface area contributed by atoms with Crippen LogP contribution in [0.1, 0.15) is 61.8 Å². The van der Waals surface area contributed by atoms with Gasteiger partial charge in [-0.3, -0.25) is 0 Å². The molecule has 0 amide bonds. The summed E-state index contributed by atoms with van der Waals surface area (Å²) in [4.78, 5) is 1.74. The maximum absolute atomic E-state index is 2.45. The van der Waals surface area contributed by atoms with Gasteiger partial charge in [0.15, 0.2) is 10.3 Å². The molecule has 0 saturated heterocycles. The Balaban J connectivity index is 2.25. The molecule has 0 aliphatic heterocycles. The van der Waals surface area contributed by atoms with Crippen LogP contribution in [-0.4, -0.2) is 14.1 Å². The van der Waals surface area contributed by atoms with Crippen molar-refractivity contribution in [2.45, 2.75) is 57.8 Å². The average Bonchev–Trinajstić information content (AvgIpc) is 2.75. The van der Waals surface area contributed by atoms with Crippen molar-refractivity contribution in [2.75, 3.05) is 18.4 Å². The summed E-state index contributed by atoms with van der Waals surface area (Å²) in [6.07, 6.45) is 9.77. The van der Waals surface area contributed by atoms with Gasteiger partial charge in [0.05, 0.1) is 10.7 Å². The molecule has 1 atom stereocenters. The Bertz CT molecular complexity index is 348. The summed E-state index contributed by atoms with van der Waals surface area (Å²) >= 11 is 0. The van der Waals surface area contributed by atoms with E-state index in [0.29, 0.717) is 0 Å². The SMILES string of the molecule is CCCc1c(C2CCCCC2)cc[s+]1N(C)C. The van der Waals surface area contributed by atoms with Gasteiger partial charge in [-0.25, -0.2) is 0 Å². The van der Waals surface area contributed by atoms with E-state index < -0.39 is 0 Å². The van der Waals surface area contributed by atoms with Gasteiger partial charge in [0.25, 0.3) is 0 Å². The molecule has 17 heavy (non-hydrogen) atoms. The van der Waals surface area contributed by atoms with E-state index >= 15 is 0 Å². The minimum absolute atomic E-state index is 0.284. The van der Waals surface area contributed by atoms with Crippen LogP contribution in [0, 0.1) is 0 Å². The highest BCUT2D eigenvalue weighted by molar-refractivity contribution is 7.32. The zero-order valence-corrected chi connectivity index (χ0v) is 12.4. The topological polar surface area (TPSA) is 3.24 Å². The Morgan fingerprint density at radius 3 is 2.53 bits per heavy atom. The second kappa shape index (κ2) is 6.01. The van der Waals surface area contributed by atoms with Crippen LogP contribution in [0.5, 0.6) is 0 Å². The Morgan fingerprint density at radius 1 is 1.24 bits per heavy atom. The first-order valence-corrected chi connectivity index (χ1v) is 8.30. The molecule has 0 N–H and O–H groups in total. The number of hydrogen-bond donors (Lipinski definition) is 0. The molecule has 1 aliphatic carbocycles. The zero-order valence-electron chi connectivity index (χ0n) is 11.5. The minimum Gasteiger partial charge on any atom is -0.112 e. The van der Waals surface area contributed by atoms with E-state index in [0.717, 1.165) is 5.92 Å². The molecule has 1 unspecified atom stereocenters. The molecule has 1 aromatic rings. The summed E-state index contributed by atoms with van der Waals surface area (Å²) in [7, 11) is 4.71. The lowest BCUT2D eigenvalue weighted by molar-refractivity contribution is 0.442. The van der Waals surface area contributed by atoms with Gasteiger partial charge in [-0.2, -0.15) is 0 Å². The van der Waals surface area contributed by atoms with E-state index in [2.05, 4.69) is 36.8 Å². The largest absolute Gasteiger partial charge is 0.175 e. The quantitative estimate of drug-likeness (QED) is 0.706. The van der Waals surface area contributed by atoms with Crippen LogP contribution < -0.4 is 4.31 Å². The van der Waals surface area contributed by atoms with E-state index in [1.165, 1.54) is 44.9 Å². The molecule has 0 bridgehead atoms. The normalized spacial score (nSPS) is 18.9. The third-order valence-electron chi connectivity index (χ3n) is 3.87. The lowest BCUT2D eigenvalue weighted by atomic mass is 9.84. The first kappa shape index (κ1) is 13.1. The molecule has 2 rings (SSSR count). The fourth-order valence-corrected chi connectivity index (χ4v) is 5.04. The van der Waals surface area contributed by atoms with Gasteiger partial charge in [-0.15, -0.1) is 4.31 Å². The molecule has 1 heterocycles. The van der Waals surface area contributed by atoms with Gasteiger partial charge < -0.3 is 0 Å². The van der Waals surface area contributed by atoms with E-state index in [4.69, 9.17) is 0 Å². The van der Waals surface area contributed by atoms with Crippen molar-refractivity contribution >= 4 is 10.7 Å². The number of thiophene rings is 1. The molecule has 1 aromatic heterocycles. The highest BCUT2D eigenvalue weighted by atomic mass is 32.2. The average molecular weight is 252 g/mol. The van der Waals surface area contributed by atoms with Crippen molar-refractivity contribution in [3.8, 4) is 0 Å². The molecule has 0 spiro atoms. The Hall–Kier alpha value is -0.340. The van der Waals surface area contributed by atoms with Gasteiger partial charge >= 0.3 is 0 Å². The van der Waals surface area contributed by atoms with Crippen molar-refractivity contribution in [1.29, 1.82) is 0 Å². The fourth-order valence-electron chi connectivity index (χ4n) is 3.03. The monoisotopic (exact) mass is 252 g/mol. The van der Waals surface area contributed by atoms with Crippen LogP contribution in [0.4, 0.5) is 0 Å². The van der Waals surface area contributed by atoms with Crippen LogP contribution in [0.15, 0.2) is 11.4 Å². The third kappa shape index (κ3) is 2.92. The minimum atomic E-state index is 0.284. The van der Waals surface area contributed by atoms with Crippen LogP contribution in [0.3, 0.4) is 0 Å². The molecular formula is C15H26NS+. The Kier molecular flexibility index (Phi) is 4.63. The zero-order chi connectivity index (χ0) is 12.3. The molecule has 96 valence electrons. The summed E-state index contributed by atoms with van der Waals surface area (Å²) in [6, 6.07) is 2.45. The van der Waals surface area contributed by atoms with Crippen molar-refractivity contribution in [3.05, 3.63) is 21.9 Å². The maximum Gasteiger partial charge on any atom is 0.175 e. The van der Waals surface area contributed by atoms with Crippen LogP contribution >= 0.6 is 10.7 Å². The van der Waals surface area contributed by atoms with Gasteiger partial charge in [0.1, 0.15) is 0 Å². The van der Waals surface area contributed by atoms with Gasteiger partial charge in [-0.05, 0) is 25.2 Å². The van der Waals surface area contributed by atoms with E-state index in [9.17, 15) is 0 Å². The molecule has 1 nitrogen and oxygen atoms in total. The number of rotatable bonds is 4. The standard InChI is InChI=1S/C15H26NS/c1-4-8-15-14(11-12-17(15)16(2)3)13-9-6-5-7-10-13/h11-13H,4-10H2,1-3H3/q+1. The van der Waals surface area contributed by atoms with Gasteiger partial charge in [0, 0.05) is 32.1 Å². The predicted octanol–water partition coefficient (Wildman–Crippen LogP) is 4.63. The summed E-state index contributed by atoms with van der Waals surface area (Å²) in [5.74, 6) is 0.874. The number of hydrogen-bond acceptors (Lipinski definition) is 1. The van der Waals surface area contributed by atoms with Crippen molar-refractivity contribution in [2.24, 2.45) is 0 Å². The predicted molar refractivity (Wildman–Crippen MR) is 78.8 cm³/mol. The summed E-state index contributed by atoms with van der Waals surface area (Å²) in [5, 5.41) is 2.44. The molecule has 0 aromatic carbocycles. The van der Waals surface area contributed by atoms with E-state index in [1.54, 1.807) is 10.4 Å². The lowest BCUT2D eigenvalue weighted by Crippen LogP contribution is -2.10. The lowest BCUT2D eigenvalue weighted by Gasteiger charge is -2.21. The molecule has 1 saturated carbocycles. The van der Waals surface area contributed by atoms with Gasteiger partial charge in [0.2, 0.25) is 0 Å². The van der Waals surface area contributed by atoms with Crippen LogP contribution in [0.25, 0.3) is 0 Å². The highest BCUT2D eigenvalue weighted by Gasteiger charge is 2.27. The molecule has 1 fully saturated rings. The summed E-state index contributed by atoms with van der Waals surface area (Å²) in [6.45, 7) is 2.31. The van der Waals surface area contributed by atoms with Crippen molar-refractivity contribution in [1.82, 2.24) is 0 Å². The van der Waals surface area contributed by atoms with Gasteiger partial charge in [-0.1, -0.05) is 26.2 Å². The van der Waals surface area contributed by atoms with Crippen LogP contribution in [-0.2, 0) is 6.42 Å². The highest BCUT2D eigenvalue weighted by Crippen LogP contribution is 2.40.